The van der Waals surface area contributed by atoms with Crippen molar-refractivity contribution in [2.45, 2.75) is 34.6 Å². The molecule has 2 aromatic rings. The molecule has 0 saturated heterocycles. The van der Waals surface area contributed by atoms with E-state index in [1.165, 1.54) is 16.7 Å². The number of hydrogen-bond acceptors (Lipinski definition) is 1. The van der Waals surface area contributed by atoms with Crippen molar-refractivity contribution in [2.75, 3.05) is 7.11 Å². The number of aliphatic hydroxyl groups is 1. The average molecular weight is 260 g/mol. The summed E-state index contributed by atoms with van der Waals surface area (Å²) < 4.78 is 0. The average Bonchev–Trinajstić information content (AvgIpc) is 2.55. The second-order valence-corrected chi connectivity index (χ2v) is 3.23. The van der Waals surface area contributed by atoms with Gasteiger partial charge < -0.3 is 5.11 Å². The summed E-state index contributed by atoms with van der Waals surface area (Å²) in [6.07, 6.45) is 0. The van der Waals surface area contributed by atoms with E-state index in [-0.39, 0.29) is 0 Å². The van der Waals surface area contributed by atoms with E-state index >= 15 is 0 Å². The van der Waals surface area contributed by atoms with Gasteiger partial charge in [0.05, 0.1) is 0 Å². The summed E-state index contributed by atoms with van der Waals surface area (Å²) in [6, 6.07) is 19.0. The predicted octanol–water partition coefficient (Wildman–Crippen LogP) is 5.32. The zero-order chi connectivity index (χ0) is 15.1. The summed E-state index contributed by atoms with van der Waals surface area (Å²) in [5.74, 6) is 0. The number of aliphatic hydroxyl groups excluding tert-OH is 1. The Morgan fingerprint density at radius 1 is 0.579 bits per heavy atom. The minimum Gasteiger partial charge on any atom is -0.400 e. The molecule has 0 radical (unpaired) electrons. The molecule has 0 saturated carbocycles. The van der Waals surface area contributed by atoms with Gasteiger partial charge in [-0.3, -0.25) is 0 Å². The van der Waals surface area contributed by atoms with E-state index in [9.17, 15) is 0 Å². The first-order chi connectivity index (χ1) is 9.36. The minimum absolute atomic E-state index is 1.00. The molecule has 0 heterocycles. The molecular formula is C18H28O. The van der Waals surface area contributed by atoms with Gasteiger partial charge in [0.2, 0.25) is 0 Å². The smallest absolute Gasteiger partial charge is 0.0319 e. The van der Waals surface area contributed by atoms with Crippen molar-refractivity contribution in [1.29, 1.82) is 0 Å². The van der Waals surface area contributed by atoms with Crippen molar-refractivity contribution in [3.8, 4) is 11.1 Å². The molecule has 106 valence electrons. The Hall–Kier alpha value is -1.60. The number of benzene rings is 2. The van der Waals surface area contributed by atoms with Crippen LogP contribution in [0.25, 0.3) is 11.1 Å². The maximum atomic E-state index is 7.00. The van der Waals surface area contributed by atoms with Gasteiger partial charge in [0, 0.05) is 7.11 Å². The summed E-state index contributed by atoms with van der Waals surface area (Å²) in [4.78, 5) is 0. The van der Waals surface area contributed by atoms with Gasteiger partial charge in [0.25, 0.3) is 0 Å². The first-order valence-electron chi connectivity index (χ1n) is 6.93. The third-order valence-corrected chi connectivity index (χ3v) is 2.16. The van der Waals surface area contributed by atoms with Crippen LogP contribution in [-0.4, -0.2) is 12.2 Å². The van der Waals surface area contributed by atoms with E-state index in [2.05, 4.69) is 55.5 Å². The van der Waals surface area contributed by atoms with Crippen LogP contribution in [0.2, 0.25) is 0 Å². The van der Waals surface area contributed by atoms with Crippen molar-refractivity contribution < 1.29 is 5.11 Å². The van der Waals surface area contributed by atoms with Crippen LogP contribution < -0.4 is 0 Å². The van der Waals surface area contributed by atoms with E-state index in [4.69, 9.17) is 5.11 Å². The quantitative estimate of drug-likeness (QED) is 0.735. The van der Waals surface area contributed by atoms with Crippen LogP contribution in [0, 0.1) is 6.92 Å². The monoisotopic (exact) mass is 260 g/mol. The molecule has 2 rings (SSSR count). The largest absolute Gasteiger partial charge is 0.400 e. The van der Waals surface area contributed by atoms with Gasteiger partial charge in [0.15, 0.2) is 0 Å². The molecule has 0 fully saturated rings. The highest BCUT2D eigenvalue weighted by Gasteiger charge is 1.93. The van der Waals surface area contributed by atoms with Crippen molar-refractivity contribution in [3.05, 3.63) is 60.2 Å². The van der Waals surface area contributed by atoms with Crippen LogP contribution in [0.15, 0.2) is 54.6 Å². The molecule has 19 heavy (non-hydrogen) atoms. The summed E-state index contributed by atoms with van der Waals surface area (Å²) in [5.41, 5.74) is 3.87. The van der Waals surface area contributed by atoms with Gasteiger partial charge in [-0.15, -0.1) is 0 Å². The Morgan fingerprint density at radius 3 is 1.37 bits per heavy atom. The summed E-state index contributed by atoms with van der Waals surface area (Å²) in [5, 5.41) is 7.00. The van der Waals surface area contributed by atoms with Crippen molar-refractivity contribution in [2.24, 2.45) is 0 Å². The topological polar surface area (TPSA) is 20.2 Å². The van der Waals surface area contributed by atoms with Gasteiger partial charge in [0.1, 0.15) is 0 Å². The summed E-state index contributed by atoms with van der Waals surface area (Å²) in [6.45, 7) is 10.1. The van der Waals surface area contributed by atoms with E-state index in [0.717, 1.165) is 7.11 Å². The fourth-order valence-electron chi connectivity index (χ4n) is 1.38. The Labute approximate surface area is 118 Å². The summed E-state index contributed by atoms with van der Waals surface area (Å²) in [7, 11) is 1.00. The van der Waals surface area contributed by atoms with Gasteiger partial charge in [-0.2, -0.15) is 0 Å². The first kappa shape index (κ1) is 19.7. The molecule has 0 spiro atoms. The normalized spacial score (nSPS) is 7.74. The van der Waals surface area contributed by atoms with E-state index in [1.807, 2.05) is 33.8 Å². The van der Waals surface area contributed by atoms with Crippen molar-refractivity contribution in [3.63, 3.8) is 0 Å². The van der Waals surface area contributed by atoms with Crippen molar-refractivity contribution >= 4 is 0 Å². The fraction of sp³-hybridized carbons (Fsp3) is 0.333. The lowest BCUT2D eigenvalue weighted by atomic mass is 10.0. The molecule has 0 unspecified atom stereocenters. The van der Waals surface area contributed by atoms with E-state index in [0.29, 0.717) is 0 Å². The van der Waals surface area contributed by atoms with Crippen LogP contribution in [0.1, 0.15) is 33.3 Å². The van der Waals surface area contributed by atoms with E-state index in [1.54, 1.807) is 0 Å². The lowest BCUT2D eigenvalue weighted by molar-refractivity contribution is 0.399. The Balaban J connectivity index is 0. The van der Waals surface area contributed by atoms with E-state index < -0.39 is 0 Å². The standard InChI is InChI=1S/C13H12.2C2H6.CH4O/c1-11-7-9-13(10-8-11)12-5-3-2-4-6-12;3*1-2/h2-10H,1H3;2*1-2H3;2H,1H3. The lowest BCUT2D eigenvalue weighted by Gasteiger charge is -2.00. The van der Waals surface area contributed by atoms with Crippen LogP contribution >= 0.6 is 0 Å². The van der Waals surface area contributed by atoms with Gasteiger partial charge in [-0.25, -0.2) is 0 Å². The summed E-state index contributed by atoms with van der Waals surface area (Å²) >= 11 is 0. The lowest BCUT2D eigenvalue weighted by Crippen LogP contribution is -1.76. The molecule has 1 nitrogen and oxygen atoms in total. The molecule has 1 heteroatoms. The maximum absolute atomic E-state index is 7.00. The van der Waals surface area contributed by atoms with Crippen LogP contribution in [0.4, 0.5) is 0 Å². The number of rotatable bonds is 1. The number of aryl methyl sites for hydroxylation is 1. The highest BCUT2D eigenvalue weighted by atomic mass is 16.2. The van der Waals surface area contributed by atoms with Crippen LogP contribution in [0.3, 0.4) is 0 Å². The third kappa shape index (κ3) is 8.17. The third-order valence-electron chi connectivity index (χ3n) is 2.16. The maximum Gasteiger partial charge on any atom is 0.0319 e. The molecule has 0 aliphatic rings. The molecule has 0 atom stereocenters. The van der Waals surface area contributed by atoms with Gasteiger partial charge in [-0.1, -0.05) is 87.9 Å². The molecule has 0 aromatic heterocycles. The predicted molar refractivity (Wildman–Crippen MR) is 87.5 cm³/mol. The zero-order valence-electron chi connectivity index (χ0n) is 13.1. The molecule has 0 aliphatic heterocycles. The molecule has 0 amide bonds. The Bertz CT molecular complexity index is 376. The second-order valence-electron chi connectivity index (χ2n) is 3.23. The van der Waals surface area contributed by atoms with Gasteiger partial charge in [-0.05, 0) is 18.1 Å². The molecular weight excluding hydrogens is 232 g/mol. The molecule has 0 bridgehead atoms. The second kappa shape index (κ2) is 14.5. The van der Waals surface area contributed by atoms with Crippen LogP contribution in [-0.2, 0) is 0 Å². The molecule has 0 aliphatic carbocycles. The zero-order valence-corrected chi connectivity index (χ0v) is 13.1. The highest BCUT2D eigenvalue weighted by Crippen LogP contribution is 2.18. The van der Waals surface area contributed by atoms with Crippen molar-refractivity contribution in [1.82, 2.24) is 0 Å². The van der Waals surface area contributed by atoms with Crippen LogP contribution in [0.5, 0.6) is 0 Å². The molecule has 1 N–H and O–H groups in total. The minimum atomic E-state index is 1.00. The molecule has 2 aromatic carbocycles. The highest BCUT2D eigenvalue weighted by molar-refractivity contribution is 5.63. The first-order valence-corrected chi connectivity index (χ1v) is 6.93. The fourth-order valence-corrected chi connectivity index (χ4v) is 1.38. The number of hydrogen-bond donors (Lipinski definition) is 1. The SMILES string of the molecule is CC.CC.CO.Cc1ccc(-c2ccccc2)cc1. The van der Waals surface area contributed by atoms with Gasteiger partial charge >= 0.3 is 0 Å². The Kier molecular flexibility index (Phi) is 15.0. The Morgan fingerprint density at radius 2 is 0.947 bits per heavy atom.